The summed E-state index contributed by atoms with van der Waals surface area (Å²) in [5.41, 5.74) is 0.558. The Morgan fingerprint density at radius 2 is 1.65 bits per heavy atom. The number of nitrogens with zero attached hydrogens (tertiary/aromatic N) is 1. The maximum absolute atomic E-state index is 11.9. The van der Waals surface area contributed by atoms with Crippen molar-refractivity contribution < 1.29 is 9.47 Å². The number of ether oxygens (including phenoxy) is 2. The summed E-state index contributed by atoms with van der Waals surface area (Å²) < 4.78 is 11.5. The Morgan fingerprint density at radius 1 is 0.962 bits per heavy atom. The van der Waals surface area contributed by atoms with Gasteiger partial charge in [-0.05, 0) is 29.8 Å². The van der Waals surface area contributed by atoms with Gasteiger partial charge in [-0.2, -0.15) is 0 Å². The molecule has 1 aromatic heterocycles. The lowest BCUT2D eigenvalue weighted by atomic mass is 10.1. The zero-order chi connectivity index (χ0) is 17.9. The molecule has 1 aliphatic rings. The maximum Gasteiger partial charge on any atom is 0.253 e. The van der Waals surface area contributed by atoms with Gasteiger partial charge in [-0.1, -0.05) is 12.1 Å². The molecule has 3 aromatic rings. The molecule has 0 saturated carbocycles. The largest absolute Gasteiger partial charge is 0.486 e. The predicted molar refractivity (Wildman–Crippen MR) is 97.8 cm³/mol. The van der Waals surface area contributed by atoms with Crippen LogP contribution in [0.3, 0.4) is 0 Å². The maximum atomic E-state index is 11.9. The van der Waals surface area contributed by atoms with Gasteiger partial charge in [-0.15, -0.1) is 0 Å². The molecule has 0 spiro atoms. The van der Waals surface area contributed by atoms with Gasteiger partial charge in [0.1, 0.15) is 24.1 Å². The van der Waals surface area contributed by atoms with Crippen molar-refractivity contribution >= 4 is 11.4 Å². The van der Waals surface area contributed by atoms with Crippen LogP contribution in [-0.4, -0.2) is 24.2 Å². The van der Waals surface area contributed by atoms with Crippen LogP contribution in [0.2, 0.25) is 0 Å². The van der Waals surface area contributed by atoms with Gasteiger partial charge < -0.3 is 20.1 Å². The van der Waals surface area contributed by atoms with Crippen molar-refractivity contribution in [1.82, 2.24) is 4.98 Å². The number of anilines is 2. The lowest BCUT2D eigenvalue weighted by Crippen LogP contribution is -2.41. The van der Waals surface area contributed by atoms with E-state index in [-0.39, 0.29) is 6.10 Å². The minimum absolute atomic E-state index is 0.248. The van der Waals surface area contributed by atoms with E-state index in [0.29, 0.717) is 42.6 Å². The van der Waals surface area contributed by atoms with Gasteiger partial charge in [0.25, 0.3) is 10.9 Å². The lowest BCUT2D eigenvalue weighted by molar-refractivity contribution is 0.0997. The molecule has 0 saturated heterocycles. The van der Waals surface area contributed by atoms with Crippen LogP contribution in [0.5, 0.6) is 11.5 Å². The van der Waals surface area contributed by atoms with Gasteiger partial charge in [-0.3, -0.25) is 14.6 Å². The Bertz CT molecular complexity index is 980. The summed E-state index contributed by atoms with van der Waals surface area (Å²) in [6.45, 7) is 1.18. The highest BCUT2D eigenvalue weighted by atomic mass is 16.6. The Morgan fingerprint density at radius 3 is 2.42 bits per heavy atom. The fourth-order valence-electron chi connectivity index (χ4n) is 2.80. The Labute approximate surface area is 149 Å². The fourth-order valence-corrected chi connectivity index (χ4v) is 2.80. The number of fused-ring (bicyclic) bond motifs is 1. The number of nitrogens with one attached hydrogen (secondary N) is 2. The summed E-state index contributed by atoms with van der Waals surface area (Å²) in [6.07, 6.45) is 3.11. The van der Waals surface area contributed by atoms with Gasteiger partial charge in [-0.25, -0.2) is 0 Å². The van der Waals surface area contributed by atoms with Crippen molar-refractivity contribution in [1.29, 1.82) is 0 Å². The molecule has 1 aliphatic heterocycles. The fraction of sp³-hybridized carbons (Fsp3) is 0.211. The first-order valence-corrected chi connectivity index (χ1v) is 8.31. The van der Waals surface area contributed by atoms with Crippen LogP contribution in [-0.2, 0) is 6.54 Å². The standard InChI is InChI=1S/C19H17N3O4/c23-18-16(21-9-12-5-7-20-8-6-12)17(19(18)24)22-10-13-11-25-14-3-1-2-4-15(14)26-13/h1-8,13,21-22H,9-11H2/t13-/m0/s1. The number of pyridine rings is 1. The van der Waals surface area contributed by atoms with Crippen LogP contribution in [0.1, 0.15) is 5.56 Å². The first-order valence-electron chi connectivity index (χ1n) is 8.31. The van der Waals surface area contributed by atoms with Crippen LogP contribution >= 0.6 is 0 Å². The van der Waals surface area contributed by atoms with Gasteiger partial charge in [0.15, 0.2) is 11.5 Å². The first-order chi connectivity index (χ1) is 12.7. The molecular weight excluding hydrogens is 334 g/mol. The van der Waals surface area contributed by atoms with Crippen LogP contribution in [0.4, 0.5) is 11.4 Å². The molecule has 0 aliphatic carbocycles. The highest BCUT2D eigenvalue weighted by molar-refractivity contribution is 5.74. The van der Waals surface area contributed by atoms with Crippen LogP contribution in [0.25, 0.3) is 0 Å². The molecule has 26 heavy (non-hydrogen) atoms. The smallest absolute Gasteiger partial charge is 0.253 e. The van der Waals surface area contributed by atoms with E-state index in [9.17, 15) is 9.59 Å². The molecule has 7 heteroatoms. The molecule has 4 rings (SSSR count). The van der Waals surface area contributed by atoms with Crippen molar-refractivity contribution in [3.63, 3.8) is 0 Å². The highest BCUT2D eigenvalue weighted by Crippen LogP contribution is 2.31. The van der Waals surface area contributed by atoms with E-state index in [1.807, 2.05) is 36.4 Å². The van der Waals surface area contributed by atoms with E-state index >= 15 is 0 Å². The second-order valence-electron chi connectivity index (χ2n) is 6.00. The molecule has 2 N–H and O–H groups in total. The van der Waals surface area contributed by atoms with Crippen molar-refractivity contribution in [3.8, 4) is 11.5 Å². The highest BCUT2D eigenvalue weighted by Gasteiger charge is 2.24. The second kappa shape index (κ2) is 6.87. The zero-order valence-corrected chi connectivity index (χ0v) is 13.9. The van der Waals surface area contributed by atoms with E-state index in [0.717, 1.165) is 5.56 Å². The summed E-state index contributed by atoms with van der Waals surface area (Å²) in [5.74, 6) is 1.38. The van der Waals surface area contributed by atoms with E-state index < -0.39 is 10.9 Å². The molecule has 2 heterocycles. The van der Waals surface area contributed by atoms with Crippen molar-refractivity contribution in [2.45, 2.75) is 12.6 Å². The van der Waals surface area contributed by atoms with Crippen LogP contribution in [0.15, 0.2) is 58.4 Å². The van der Waals surface area contributed by atoms with Gasteiger partial charge in [0, 0.05) is 18.9 Å². The third-order valence-electron chi connectivity index (χ3n) is 4.20. The predicted octanol–water partition coefficient (Wildman–Crippen LogP) is 1.54. The third kappa shape index (κ3) is 3.11. The van der Waals surface area contributed by atoms with E-state index in [1.54, 1.807) is 12.4 Å². The number of hydrogen-bond donors (Lipinski definition) is 2. The van der Waals surface area contributed by atoms with Crippen LogP contribution < -0.4 is 31.0 Å². The topological polar surface area (TPSA) is 89.6 Å². The minimum atomic E-state index is -0.514. The SMILES string of the molecule is O=c1c(NCc2ccncc2)c(NC[C@H]2COc3ccccc3O2)c1=O. The number of benzene rings is 1. The summed E-state index contributed by atoms with van der Waals surface area (Å²) in [5, 5.41) is 6.03. The van der Waals surface area contributed by atoms with E-state index in [2.05, 4.69) is 15.6 Å². The van der Waals surface area contributed by atoms with Crippen molar-refractivity contribution in [2.75, 3.05) is 23.8 Å². The van der Waals surface area contributed by atoms with E-state index in [4.69, 9.17) is 9.47 Å². The van der Waals surface area contributed by atoms with Crippen molar-refractivity contribution in [2.24, 2.45) is 0 Å². The Balaban J connectivity index is 1.38. The molecule has 0 radical (unpaired) electrons. The van der Waals surface area contributed by atoms with Gasteiger partial charge in [0.2, 0.25) is 0 Å². The Kier molecular flexibility index (Phi) is 4.27. The summed E-state index contributed by atoms with van der Waals surface area (Å²) in [6, 6.07) is 11.1. The molecule has 132 valence electrons. The Hall–Kier alpha value is -3.35. The molecule has 7 nitrogen and oxygen atoms in total. The number of aromatic nitrogens is 1. The van der Waals surface area contributed by atoms with Crippen molar-refractivity contribution in [3.05, 3.63) is 74.8 Å². The molecule has 1 atom stereocenters. The monoisotopic (exact) mass is 351 g/mol. The summed E-state index contributed by atoms with van der Waals surface area (Å²) >= 11 is 0. The summed E-state index contributed by atoms with van der Waals surface area (Å²) in [7, 11) is 0. The van der Waals surface area contributed by atoms with Gasteiger partial charge >= 0.3 is 0 Å². The minimum Gasteiger partial charge on any atom is -0.486 e. The molecular formula is C19H17N3O4. The van der Waals surface area contributed by atoms with E-state index in [1.165, 1.54) is 0 Å². The molecule has 0 bridgehead atoms. The summed E-state index contributed by atoms with van der Waals surface area (Å²) in [4.78, 5) is 27.6. The second-order valence-corrected chi connectivity index (χ2v) is 6.00. The molecule has 0 fully saturated rings. The van der Waals surface area contributed by atoms with Crippen LogP contribution in [0, 0.1) is 0 Å². The first kappa shape index (κ1) is 16.1. The number of para-hydroxylation sites is 2. The molecule has 2 aromatic carbocycles. The zero-order valence-electron chi connectivity index (χ0n) is 13.9. The lowest BCUT2D eigenvalue weighted by Gasteiger charge is -2.27. The normalized spacial score (nSPS) is 15.6. The average Bonchev–Trinajstić information content (AvgIpc) is 2.70. The molecule has 0 unspecified atom stereocenters. The van der Waals surface area contributed by atoms with Gasteiger partial charge in [0.05, 0.1) is 6.54 Å². The quantitative estimate of drug-likeness (QED) is 0.651. The third-order valence-corrected chi connectivity index (χ3v) is 4.20. The number of hydrogen-bond acceptors (Lipinski definition) is 7. The average molecular weight is 351 g/mol. The number of rotatable bonds is 6. The molecule has 0 amide bonds.